The van der Waals surface area contributed by atoms with Crippen LogP contribution in [0.5, 0.6) is 0 Å². The molecule has 21 heavy (non-hydrogen) atoms. The summed E-state index contributed by atoms with van der Waals surface area (Å²) in [5.41, 5.74) is 0. The third-order valence-electron chi connectivity index (χ3n) is 4.58. The monoisotopic (exact) mass is 292 g/mol. The van der Waals surface area contributed by atoms with Crippen molar-refractivity contribution in [2.24, 2.45) is 5.92 Å². The number of carbonyl (C=O) groups is 1. The summed E-state index contributed by atoms with van der Waals surface area (Å²) in [5, 5.41) is 6.71. The van der Waals surface area contributed by atoms with Gasteiger partial charge in [-0.1, -0.05) is 24.4 Å². The zero-order valence-electron chi connectivity index (χ0n) is 12.7. The molecule has 0 bridgehead atoms. The fraction of sp³-hybridized carbons (Fsp3) is 0.800. The Bertz CT molecular complexity index is 476. The molecular weight excluding hydrogens is 268 g/mol. The Morgan fingerprint density at radius 1 is 1.33 bits per heavy atom. The van der Waals surface area contributed by atoms with Gasteiger partial charge in [-0.2, -0.15) is 4.98 Å². The van der Waals surface area contributed by atoms with Crippen molar-refractivity contribution in [3.8, 4) is 0 Å². The number of likely N-dealkylation sites (tertiary alicyclic amines) is 1. The Balaban J connectivity index is 1.33. The zero-order valence-corrected chi connectivity index (χ0v) is 12.7. The molecule has 0 atom stereocenters. The van der Waals surface area contributed by atoms with Crippen LogP contribution in [0.1, 0.15) is 43.8 Å². The predicted molar refractivity (Wildman–Crippen MR) is 77.7 cm³/mol. The minimum Gasteiger partial charge on any atom is -0.355 e. The first-order valence-electron chi connectivity index (χ1n) is 8.03. The quantitative estimate of drug-likeness (QED) is 0.885. The van der Waals surface area contributed by atoms with E-state index in [2.05, 4.69) is 20.4 Å². The maximum absolute atomic E-state index is 12.0. The molecule has 1 aliphatic carbocycles. The van der Waals surface area contributed by atoms with Gasteiger partial charge in [0.2, 0.25) is 11.8 Å². The highest BCUT2D eigenvalue weighted by molar-refractivity contribution is 5.80. The highest BCUT2D eigenvalue weighted by Crippen LogP contribution is 2.28. The van der Waals surface area contributed by atoms with Crippen LogP contribution in [0.2, 0.25) is 0 Å². The number of amides is 1. The lowest BCUT2D eigenvalue weighted by atomic mass is 9.88. The van der Waals surface area contributed by atoms with Gasteiger partial charge >= 0.3 is 0 Å². The summed E-state index contributed by atoms with van der Waals surface area (Å²) in [7, 11) is 0. The molecule has 0 radical (unpaired) electrons. The second kappa shape index (κ2) is 6.56. The molecule has 1 saturated heterocycles. The van der Waals surface area contributed by atoms with Crippen LogP contribution in [-0.2, 0) is 11.2 Å². The molecule has 0 aromatic carbocycles. The van der Waals surface area contributed by atoms with Gasteiger partial charge in [-0.25, -0.2) is 0 Å². The van der Waals surface area contributed by atoms with Crippen molar-refractivity contribution in [3.05, 3.63) is 11.7 Å². The largest absolute Gasteiger partial charge is 0.355 e. The van der Waals surface area contributed by atoms with E-state index in [1.807, 2.05) is 0 Å². The molecule has 0 spiro atoms. The lowest BCUT2D eigenvalue weighted by Crippen LogP contribution is -2.57. The summed E-state index contributed by atoms with van der Waals surface area (Å²) in [5.74, 6) is 1.55. The Kier molecular flexibility index (Phi) is 4.53. The van der Waals surface area contributed by atoms with Crippen molar-refractivity contribution < 1.29 is 9.32 Å². The van der Waals surface area contributed by atoms with Gasteiger partial charge in [0.1, 0.15) is 0 Å². The van der Waals surface area contributed by atoms with Crippen molar-refractivity contribution in [3.63, 3.8) is 0 Å². The van der Waals surface area contributed by atoms with E-state index in [1.165, 1.54) is 32.1 Å². The van der Waals surface area contributed by atoms with E-state index in [0.717, 1.165) is 19.1 Å². The summed E-state index contributed by atoms with van der Waals surface area (Å²) in [6.07, 6.45) is 7.30. The number of aromatic nitrogens is 2. The Labute approximate surface area is 125 Å². The van der Waals surface area contributed by atoms with E-state index < -0.39 is 0 Å². The predicted octanol–water partition coefficient (Wildman–Crippen LogP) is 1.30. The number of hydrogen-bond donors (Lipinski definition) is 1. The highest BCUT2D eigenvalue weighted by atomic mass is 16.5. The second-order valence-electron chi connectivity index (χ2n) is 6.22. The fourth-order valence-electron chi connectivity index (χ4n) is 3.30. The summed E-state index contributed by atoms with van der Waals surface area (Å²) in [6.45, 7) is 4.21. The molecule has 1 amide bonds. The SMILES string of the molecule is Cc1noc(CCNC(=O)C2CN(C3CCCCC3)C2)n1. The van der Waals surface area contributed by atoms with Crippen LogP contribution in [0, 0.1) is 12.8 Å². The van der Waals surface area contributed by atoms with E-state index in [9.17, 15) is 4.79 Å². The first-order valence-corrected chi connectivity index (χ1v) is 8.03. The highest BCUT2D eigenvalue weighted by Gasteiger charge is 2.36. The lowest BCUT2D eigenvalue weighted by Gasteiger charge is -2.45. The number of nitrogens with zero attached hydrogens (tertiary/aromatic N) is 3. The van der Waals surface area contributed by atoms with Crippen LogP contribution in [0.15, 0.2) is 4.52 Å². The molecule has 1 aliphatic heterocycles. The van der Waals surface area contributed by atoms with Gasteiger partial charge in [0.05, 0.1) is 5.92 Å². The molecule has 1 aromatic heterocycles. The van der Waals surface area contributed by atoms with Crippen LogP contribution >= 0.6 is 0 Å². The van der Waals surface area contributed by atoms with Crippen molar-refractivity contribution in [1.82, 2.24) is 20.4 Å². The van der Waals surface area contributed by atoms with Gasteiger partial charge < -0.3 is 9.84 Å². The third kappa shape index (κ3) is 3.61. The number of rotatable bonds is 5. The number of aryl methyl sites for hydroxylation is 1. The summed E-state index contributed by atoms with van der Waals surface area (Å²) < 4.78 is 5.02. The second-order valence-corrected chi connectivity index (χ2v) is 6.22. The Hall–Kier alpha value is -1.43. The maximum atomic E-state index is 12.0. The van der Waals surface area contributed by atoms with Crippen LogP contribution < -0.4 is 5.32 Å². The average Bonchev–Trinajstić information content (AvgIpc) is 2.84. The van der Waals surface area contributed by atoms with Crippen molar-refractivity contribution in [2.75, 3.05) is 19.6 Å². The maximum Gasteiger partial charge on any atom is 0.228 e. The topological polar surface area (TPSA) is 71.3 Å². The van der Waals surface area contributed by atoms with Crippen LogP contribution in [0.4, 0.5) is 0 Å². The molecule has 3 rings (SSSR count). The molecule has 0 unspecified atom stereocenters. The molecule has 1 aromatic rings. The van der Waals surface area contributed by atoms with E-state index in [-0.39, 0.29) is 11.8 Å². The van der Waals surface area contributed by atoms with Crippen LogP contribution in [0.25, 0.3) is 0 Å². The minimum absolute atomic E-state index is 0.163. The summed E-state index contributed by atoms with van der Waals surface area (Å²) in [4.78, 5) is 18.6. The van der Waals surface area contributed by atoms with Gasteiger partial charge in [-0.3, -0.25) is 9.69 Å². The first-order chi connectivity index (χ1) is 10.2. The molecule has 6 nitrogen and oxygen atoms in total. The van der Waals surface area contributed by atoms with Gasteiger partial charge in [0, 0.05) is 32.1 Å². The van der Waals surface area contributed by atoms with E-state index in [0.29, 0.717) is 24.7 Å². The standard InChI is InChI=1S/C15H24N4O2/c1-11-17-14(21-18-11)7-8-16-15(20)12-9-19(10-12)13-5-3-2-4-6-13/h12-13H,2-10H2,1H3,(H,16,20). The van der Waals surface area contributed by atoms with E-state index >= 15 is 0 Å². The molecule has 2 aliphatic rings. The van der Waals surface area contributed by atoms with Gasteiger partial charge in [0.15, 0.2) is 5.82 Å². The third-order valence-corrected chi connectivity index (χ3v) is 4.58. The van der Waals surface area contributed by atoms with E-state index in [1.54, 1.807) is 6.92 Å². The van der Waals surface area contributed by atoms with Crippen molar-refractivity contribution in [2.45, 2.75) is 51.5 Å². The average molecular weight is 292 g/mol. The van der Waals surface area contributed by atoms with Crippen LogP contribution in [-0.4, -0.2) is 46.6 Å². The smallest absolute Gasteiger partial charge is 0.228 e. The normalized spacial score (nSPS) is 21.2. The lowest BCUT2D eigenvalue weighted by molar-refractivity contribution is -0.131. The van der Waals surface area contributed by atoms with E-state index in [4.69, 9.17) is 4.52 Å². The molecule has 1 N–H and O–H groups in total. The summed E-state index contributed by atoms with van der Waals surface area (Å²) >= 11 is 0. The number of hydrogen-bond acceptors (Lipinski definition) is 5. The van der Waals surface area contributed by atoms with Crippen molar-refractivity contribution >= 4 is 5.91 Å². The Morgan fingerprint density at radius 2 is 2.10 bits per heavy atom. The van der Waals surface area contributed by atoms with Crippen molar-refractivity contribution in [1.29, 1.82) is 0 Å². The number of carbonyl (C=O) groups excluding carboxylic acids is 1. The van der Waals surface area contributed by atoms with Gasteiger partial charge in [-0.05, 0) is 19.8 Å². The molecule has 116 valence electrons. The Morgan fingerprint density at radius 3 is 2.76 bits per heavy atom. The van der Waals surface area contributed by atoms with Gasteiger partial charge in [-0.15, -0.1) is 0 Å². The number of nitrogens with one attached hydrogen (secondary N) is 1. The molecular formula is C15H24N4O2. The van der Waals surface area contributed by atoms with Gasteiger partial charge in [0.25, 0.3) is 0 Å². The molecule has 2 heterocycles. The minimum atomic E-state index is 0.163. The fourth-order valence-corrected chi connectivity index (χ4v) is 3.30. The first kappa shape index (κ1) is 14.5. The molecule has 6 heteroatoms. The zero-order chi connectivity index (χ0) is 14.7. The molecule has 1 saturated carbocycles. The molecule has 2 fully saturated rings. The van der Waals surface area contributed by atoms with Crippen LogP contribution in [0.3, 0.4) is 0 Å². The summed E-state index contributed by atoms with van der Waals surface area (Å²) in [6, 6.07) is 0.726.